The summed E-state index contributed by atoms with van der Waals surface area (Å²) in [4.78, 5) is 2.18. The summed E-state index contributed by atoms with van der Waals surface area (Å²) in [6.07, 6.45) is 2.38. The minimum Gasteiger partial charge on any atom is -0.307 e. The van der Waals surface area contributed by atoms with Gasteiger partial charge in [-0.1, -0.05) is 19.3 Å². The Bertz CT molecular complexity index is 225. The van der Waals surface area contributed by atoms with Crippen LogP contribution in [-0.2, 0) is 0 Å². The second-order valence-electron chi connectivity index (χ2n) is 5.54. The number of alkyl halides is 3. The second kappa shape index (κ2) is 7.34. The van der Waals surface area contributed by atoms with Crippen LogP contribution >= 0.6 is 0 Å². The maximum atomic E-state index is 12.0. The van der Waals surface area contributed by atoms with E-state index >= 15 is 0 Å². The first-order valence-electron chi connectivity index (χ1n) is 6.86. The number of likely N-dealkylation sites (N-methyl/N-ethyl adjacent to an activating group) is 1. The van der Waals surface area contributed by atoms with Gasteiger partial charge in [0.05, 0.1) is 6.54 Å². The van der Waals surface area contributed by atoms with E-state index in [-0.39, 0.29) is 6.04 Å². The van der Waals surface area contributed by atoms with E-state index < -0.39 is 12.7 Å². The van der Waals surface area contributed by atoms with E-state index in [1.54, 1.807) is 0 Å². The Hall–Kier alpha value is -0.290. The van der Waals surface area contributed by atoms with Gasteiger partial charge in [0.2, 0.25) is 0 Å². The van der Waals surface area contributed by atoms with Gasteiger partial charge < -0.3 is 10.2 Å². The molecule has 0 spiro atoms. The molecular weight excluding hydrogens is 241 g/mol. The van der Waals surface area contributed by atoms with Gasteiger partial charge in [0, 0.05) is 19.1 Å². The molecule has 1 fully saturated rings. The molecule has 1 aliphatic carbocycles. The zero-order chi connectivity index (χ0) is 13.6. The van der Waals surface area contributed by atoms with E-state index in [0.717, 1.165) is 12.5 Å². The summed E-state index contributed by atoms with van der Waals surface area (Å²) < 4.78 is 36.0. The molecule has 2 nitrogen and oxygen atoms in total. The second-order valence-corrected chi connectivity index (χ2v) is 5.54. The number of nitrogens with zero attached hydrogens (tertiary/aromatic N) is 1. The molecule has 1 atom stereocenters. The fourth-order valence-corrected chi connectivity index (χ4v) is 2.54. The first-order chi connectivity index (χ1) is 8.38. The maximum Gasteiger partial charge on any atom is 0.401 e. The molecule has 5 heteroatoms. The molecule has 0 aromatic heterocycles. The van der Waals surface area contributed by atoms with Crippen LogP contribution in [0.4, 0.5) is 13.2 Å². The average Bonchev–Trinajstić information content (AvgIpc) is 2.28. The normalized spacial score (nSPS) is 20.3. The predicted octanol–water partition coefficient (Wildman–Crippen LogP) is 3.04. The van der Waals surface area contributed by atoms with E-state index in [9.17, 15) is 13.2 Å². The van der Waals surface area contributed by atoms with Crippen LogP contribution < -0.4 is 5.32 Å². The maximum absolute atomic E-state index is 12.0. The van der Waals surface area contributed by atoms with Crippen LogP contribution in [0.5, 0.6) is 0 Å². The standard InChI is InChI=1S/C13H25F3N2/c1-11(8-17-10-13(14,15)16)18(2)9-12-6-4-3-5-7-12/h11-12,17H,3-10H2,1-2H3. The molecule has 1 N–H and O–H groups in total. The molecule has 0 bridgehead atoms. The molecular formula is C13H25F3N2. The Kier molecular flexibility index (Phi) is 6.43. The first kappa shape index (κ1) is 15.8. The summed E-state index contributed by atoms with van der Waals surface area (Å²) in [5, 5.41) is 2.48. The van der Waals surface area contributed by atoms with Crippen molar-refractivity contribution in [2.45, 2.75) is 51.2 Å². The molecule has 1 aliphatic rings. The monoisotopic (exact) mass is 266 g/mol. The molecule has 0 aliphatic heterocycles. The summed E-state index contributed by atoms with van der Waals surface area (Å²) in [7, 11) is 2.01. The summed E-state index contributed by atoms with van der Waals surface area (Å²) in [5.74, 6) is 0.730. The summed E-state index contributed by atoms with van der Waals surface area (Å²) in [6.45, 7) is 2.48. The molecule has 1 saturated carbocycles. The highest BCUT2D eigenvalue weighted by atomic mass is 19.4. The lowest BCUT2D eigenvalue weighted by Crippen LogP contribution is -2.42. The van der Waals surface area contributed by atoms with Crippen molar-refractivity contribution in [3.8, 4) is 0 Å². The average molecular weight is 266 g/mol. The molecule has 1 unspecified atom stereocenters. The van der Waals surface area contributed by atoms with Gasteiger partial charge in [-0.3, -0.25) is 0 Å². The third-order valence-corrected chi connectivity index (χ3v) is 3.79. The molecule has 0 aromatic rings. The van der Waals surface area contributed by atoms with Gasteiger partial charge in [-0.2, -0.15) is 13.2 Å². The highest BCUT2D eigenvalue weighted by Gasteiger charge is 2.26. The smallest absolute Gasteiger partial charge is 0.307 e. The van der Waals surface area contributed by atoms with Crippen molar-refractivity contribution in [2.75, 3.05) is 26.7 Å². The van der Waals surface area contributed by atoms with E-state index in [4.69, 9.17) is 0 Å². The van der Waals surface area contributed by atoms with Crippen molar-refractivity contribution in [1.29, 1.82) is 0 Å². The van der Waals surface area contributed by atoms with Gasteiger partial charge >= 0.3 is 6.18 Å². The quantitative estimate of drug-likeness (QED) is 0.795. The van der Waals surface area contributed by atoms with Gasteiger partial charge in [-0.15, -0.1) is 0 Å². The number of halogens is 3. The molecule has 0 saturated heterocycles. The third-order valence-electron chi connectivity index (χ3n) is 3.79. The van der Waals surface area contributed by atoms with Crippen LogP contribution in [0.1, 0.15) is 39.0 Å². The van der Waals surface area contributed by atoms with Gasteiger partial charge in [0.15, 0.2) is 0 Å². The highest BCUT2D eigenvalue weighted by molar-refractivity contribution is 4.73. The topological polar surface area (TPSA) is 15.3 Å². The molecule has 1 rings (SSSR count). The predicted molar refractivity (Wildman–Crippen MR) is 67.6 cm³/mol. The first-order valence-corrected chi connectivity index (χ1v) is 6.86. The number of hydrogen-bond acceptors (Lipinski definition) is 2. The highest BCUT2D eigenvalue weighted by Crippen LogP contribution is 2.24. The van der Waals surface area contributed by atoms with Crippen LogP contribution in [0.3, 0.4) is 0 Å². The summed E-state index contributed by atoms with van der Waals surface area (Å²) in [6, 6.07) is 0.147. The van der Waals surface area contributed by atoms with E-state index in [2.05, 4.69) is 10.2 Å². The van der Waals surface area contributed by atoms with Gasteiger partial charge in [-0.25, -0.2) is 0 Å². The van der Waals surface area contributed by atoms with Crippen molar-refractivity contribution in [3.05, 3.63) is 0 Å². The number of nitrogens with one attached hydrogen (secondary N) is 1. The van der Waals surface area contributed by atoms with E-state index in [1.807, 2.05) is 14.0 Å². The van der Waals surface area contributed by atoms with Crippen LogP contribution in [0.25, 0.3) is 0 Å². The number of hydrogen-bond donors (Lipinski definition) is 1. The third kappa shape index (κ3) is 6.59. The lowest BCUT2D eigenvalue weighted by molar-refractivity contribution is -0.125. The Morgan fingerprint density at radius 2 is 1.83 bits per heavy atom. The SMILES string of the molecule is CC(CNCC(F)(F)F)N(C)CC1CCCCC1. The minimum absolute atomic E-state index is 0.147. The van der Waals surface area contributed by atoms with Crippen LogP contribution in [-0.4, -0.2) is 43.8 Å². The fraction of sp³-hybridized carbons (Fsp3) is 1.00. The Morgan fingerprint density at radius 1 is 1.22 bits per heavy atom. The lowest BCUT2D eigenvalue weighted by Gasteiger charge is -2.31. The van der Waals surface area contributed by atoms with Crippen molar-refractivity contribution >= 4 is 0 Å². The van der Waals surface area contributed by atoms with Crippen molar-refractivity contribution in [2.24, 2.45) is 5.92 Å². The molecule has 0 amide bonds. The van der Waals surface area contributed by atoms with Crippen molar-refractivity contribution < 1.29 is 13.2 Å². The van der Waals surface area contributed by atoms with Gasteiger partial charge in [0.1, 0.15) is 0 Å². The van der Waals surface area contributed by atoms with Crippen LogP contribution in [0.2, 0.25) is 0 Å². The van der Waals surface area contributed by atoms with Crippen molar-refractivity contribution in [1.82, 2.24) is 10.2 Å². The Balaban J connectivity index is 2.17. The van der Waals surface area contributed by atoms with E-state index in [1.165, 1.54) is 32.1 Å². The molecule has 0 aromatic carbocycles. The Morgan fingerprint density at radius 3 is 2.39 bits per heavy atom. The zero-order valence-corrected chi connectivity index (χ0v) is 11.4. The molecule has 18 heavy (non-hydrogen) atoms. The molecule has 108 valence electrons. The lowest BCUT2D eigenvalue weighted by atomic mass is 9.89. The molecule has 0 radical (unpaired) electrons. The van der Waals surface area contributed by atoms with Crippen LogP contribution in [0, 0.1) is 5.92 Å². The van der Waals surface area contributed by atoms with Crippen LogP contribution in [0.15, 0.2) is 0 Å². The van der Waals surface area contributed by atoms with Gasteiger partial charge in [-0.05, 0) is 32.7 Å². The van der Waals surface area contributed by atoms with Gasteiger partial charge in [0.25, 0.3) is 0 Å². The largest absolute Gasteiger partial charge is 0.401 e. The zero-order valence-electron chi connectivity index (χ0n) is 11.4. The Labute approximate surface area is 108 Å². The summed E-state index contributed by atoms with van der Waals surface area (Å²) in [5.41, 5.74) is 0. The number of rotatable bonds is 6. The minimum atomic E-state index is -4.11. The summed E-state index contributed by atoms with van der Waals surface area (Å²) >= 11 is 0. The van der Waals surface area contributed by atoms with Crippen molar-refractivity contribution in [3.63, 3.8) is 0 Å². The molecule has 0 heterocycles. The fourth-order valence-electron chi connectivity index (χ4n) is 2.54. The van der Waals surface area contributed by atoms with E-state index in [0.29, 0.717) is 6.54 Å².